The molecule has 0 aromatic carbocycles. The van der Waals surface area contributed by atoms with E-state index in [0.717, 1.165) is 0 Å². The first-order valence-electron chi connectivity index (χ1n) is 1.95. The van der Waals surface area contributed by atoms with Crippen LogP contribution in [0.1, 0.15) is 14.3 Å². The van der Waals surface area contributed by atoms with Crippen LogP contribution >= 0.6 is 0 Å². The molecule has 0 saturated carbocycles. The van der Waals surface area contributed by atoms with Crippen molar-refractivity contribution >= 4 is 207 Å². The van der Waals surface area contributed by atoms with Gasteiger partial charge in [-0.05, 0) is 0 Å². The summed E-state index contributed by atoms with van der Waals surface area (Å²) in [7, 11) is 0. The van der Waals surface area contributed by atoms with Crippen LogP contribution in [0.15, 0.2) is 0 Å². The molecule has 0 atom stereocenters. The van der Waals surface area contributed by atoms with Gasteiger partial charge in [0.15, 0.2) is 0 Å². The Morgan fingerprint density at radius 3 is 0.471 bits per heavy atom. The summed E-state index contributed by atoms with van der Waals surface area (Å²) >= 11 is 0. The molecule has 0 radical (unpaired) electrons. The van der Waals surface area contributed by atoms with Crippen LogP contribution < -0.4 is 0 Å². The molecule has 0 saturated heterocycles. The van der Waals surface area contributed by atoms with Crippen molar-refractivity contribution in [2.75, 3.05) is 0 Å². The Labute approximate surface area is 260 Å². The van der Waals surface area contributed by atoms with Gasteiger partial charge in [-0.3, -0.25) is 0 Å². The maximum atomic E-state index is 8.56. The average Bonchev–Trinajstić information content (AvgIpc) is 1.54. The molecular weight excluding hydrogens is 380 g/mol. The summed E-state index contributed by atoms with van der Waals surface area (Å²) in [6, 6.07) is 0. The van der Waals surface area contributed by atoms with E-state index in [0.29, 0.717) is 0 Å². The van der Waals surface area contributed by atoms with E-state index in [1.54, 1.807) is 0 Å². The minimum Gasteiger partial charge on any atom is -1.00 e. The molecule has 0 spiro atoms. The number of hydrogen-bond acceptors (Lipinski definition) is 3. The molecule has 0 heterocycles. The molecule has 0 amide bonds. The van der Waals surface area contributed by atoms with Gasteiger partial charge in [0.25, 0.3) is 0 Å². The van der Waals surface area contributed by atoms with Crippen molar-refractivity contribution in [2.45, 2.75) is 0 Å². The zero-order valence-electron chi connectivity index (χ0n) is 18.9. The molecule has 92 valence electrons. The largest absolute Gasteiger partial charge is 2.00 e. The summed E-state index contributed by atoms with van der Waals surface area (Å²) in [5, 5.41) is 41.8. The van der Waals surface area contributed by atoms with Crippen LogP contribution in [0.2, 0.25) is 0 Å². The number of hydrogen-bond donors (Lipinski definition) is 6. The minimum atomic E-state index is -1.83. The van der Waals surface area contributed by atoms with E-state index in [1.165, 1.54) is 0 Å². The molecule has 9 nitrogen and oxygen atoms in total. The molecule has 0 aromatic rings. The fourth-order valence-electron chi connectivity index (χ4n) is 0. The molecule has 0 aromatic heterocycles. The molecular formula is C3H16Ca5O9. The summed E-state index contributed by atoms with van der Waals surface area (Å²) in [6.07, 6.45) is -5.50. The van der Waals surface area contributed by atoms with Crippen molar-refractivity contribution in [2.24, 2.45) is 0 Å². The van der Waals surface area contributed by atoms with Crippen molar-refractivity contribution in [3.05, 3.63) is 0 Å². The van der Waals surface area contributed by atoms with Gasteiger partial charge in [-0.2, -0.15) is 0 Å². The Morgan fingerprint density at radius 1 is 0.471 bits per heavy atom. The molecule has 14 heteroatoms. The van der Waals surface area contributed by atoms with E-state index in [2.05, 4.69) is 0 Å². The Kier molecular flexibility index (Phi) is 125. The summed E-state index contributed by atoms with van der Waals surface area (Å²) in [5.41, 5.74) is 0. The summed E-state index contributed by atoms with van der Waals surface area (Å²) in [4.78, 5) is 25.7. The summed E-state index contributed by atoms with van der Waals surface area (Å²) in [6.45, 7) is 0. The van der Waals surface area contributed by atoms with Crippen molar-refractivity contribution in [3.8, 4) is 0 Å². The van der Waals surface area contributed by atoms with E-state index in [9.17, 15) is 0 Å². The van der Waals surface area contributed by atoms with Gasteiger partial charge in [-0.25, -0.2) is 14.4 Å². The van der Waals surface area contributed by atoms with Crippen LogP contribution in [0.3, 0.4) is 0 Å². The maximum Gasteiger partial charge on any atom is 2.00 e. The van der Waals surface area contributed by atoms with Crippen LogP contribution in [0.5, 0.6) is 0 Å². The molecule has 17 heavy (non-hydrogen) atoms. The quantitative estimate of drug-likeness (QED) is 0.305. The second-order valence-electron chi connectivity index (χ2n) is 0.848. The third kappa shape index (κ3) is 391. The van der Waals surface area contributed by atoms with Gasteiger partial charge in [0.05, 0.1) is 0 Å². The molecule has 0 bridgehead atoms. The van der Waals surface area contributed by atoms with Crippen LogP contribution in [-0.4, -0.2) is 238 Å². The first-order valence-corrected chi connectivity index (χ1v) is 1.95. The first-order chi connectivity index (χ1) is 5.20. The van der Waals surface area contributed by atoms with Gasteiger partial charge in [-0.1, -0.05) is 0 Å². The average molecular weight is 397 g/mol. The molecule has 0 fully saturated rings. The summed E-state index contributed by atoms with van der Waals surface area (Å²) in [5.74, 6) is 0. The van der Waals surface area contributed by atoms with E-state index < -0.39 is 18.5 Å². The van der Waals surface area contributed by atoms with Crippen molar-refractivity contribution in [1.82, 2.24) is 0 Å². The SMILES string of the molecule is O=C(O)O.O=C(O)O.O=C(O)O.[Ca+2].[Ca+2].[Ca+2].[Ca+2].[Ca+2].[H-].[H-].[H-].[H-].[H-].[H-].[H-].[H-].[H-].[H-]. The van der Waals surface area contributed by atoms with Gasteiger partial charge in [-0.15, -0.1) is 0 Å². The standard InChI is InChI=1S/3CH2O3.5Ca.10H/c3*2-1(3)4;;;;;;;;;;;;;;;/h3*(H2,2,3,4);;;;;;;;;;;;;;;/q;;;5*+2;10*-1. The monoisotopic (exact) mass is 396 g/mol. The van der Waals surface area contributed by atoms with Crippen LogP contribution in [0, 0.1) is 0 Å². The Hall–Kier alpha value is 4.11. The smallest absolute Gasteiger partial charge is 1.00 e. The topological polar surface area (TPSA) is 173 Å². The van der Waals surface area contributed by atoms with E-state index in [4.69, 9.17) is 45.0 Å². The van der Waals surface area contributed by atoms with Gasteiger partial charge >= 0.3 is 207 Å². The van der Waals surface area contributed by atoms with Gasteiger partial charge in [0.1, 0.15) is 0 Å². The van der Waals surface area contributed by atoms with Crippen LogP contribution in [-0.2, 0) is 0 Å². The van der Waals surface area contributed by atoms with E-state index >= 15 is 0 Å². The van der Waals surface area contributed by atoms with Crippen molar-refractivity contribution in [1.29, 1.82) is 0 Å². The van der Waals surface area contributed by atoms with E-state index in [-0.39, 0.29) is 203 Å². The molecule has 6 N–H and O–H groups in total. The molecule has 0 aliphatic carbocycles. The normalized spacial score (nSPS) is 4.24. The second kappa shape index (κ2) is 42.7. The second-order valence-corrected chi connectivity index (χ2v) is 0.848. The maximum absolute atomic E-state index is 8.56. The number of carbonyl (C=O) groups is 3. The van der Waals surface area contributed by atoms with Gasteiger partial charge in [0, 0.05) is 0 Å². The van der Waals surface area contributed by atoms with Crippen molar-refractivity contribution < 1.29 is 59.3 Å². The van der Waals surface area contributed by atoms with E-state index in [1.807, 2.05) is 0 Å². The fraction of sp³-hybridized carbons (Fsp3) is 0. The van der Waals surface area contributed by atoms with Crippen molar-refractivity contribution in [3.63, 3.8) is 0 Å². The molecule has 0 rings (SSSR count). The van der Waals surface area contributed by atoms with Gasteiger partial charge < -0.3 is 44.9 Å². The summed E-state index contributed by atoms with van der Waals surface area (Å²) < 4.78 is 0. The number of carboxylic acid groups (broad SMARTS) is 6. The molecule has 0 aliphatic rings. The zero-order valence-corrected chi connectivity index (χ0v) is 20.0. The Balaban J connectivity index is -0.00000000220. The Bertz CT molecular complexity index is 148. The third-order valence-corrected chi connectivity index (χ3v) is 0. The Morgan fingerprint density at radius 2 is 0.471 bits per heavy atom. The molecule has 0 unspecified atom stereocenters. The minimum absolute atomic E-state index is 0. The fourth-order valence-corrected chi connectivity index (χ4v) is 0. The van der Waals surface area contributed by atoms with Crippen LogP contribution in [0.4, 0.5) is 14.4 Å². The first kappa shape index (κ1) is 49.7. The molecule has 0 aliphatic heterocycles. The van der Waals surface area contributed by atoms with Gasteiger partial charge in [0.2, 0.25) is 0 Å². The predicted molar refractivity (Wildman–Crippen MR) is 71.9 cm³/mol. The number of rotatable bonds is 0. The predicted octanol–water partition coefficient (Wildman–Crippen LogP) is -0.112. The third-order valence-electron chi connectivity index (χ3n) is 0. The van der Waals surface area contributed by atoms with Crippen LogP contribution in [0.25, 0.3) is 0 Å². The zero-order chi connectivity index (χ0) is 10.7.